The minimum absolute atomic E-state index is 0. The molecule has 6 nitrogen and oxygen atoms in total. The Morgan fingerprint density at radius 3 is 2.38 bits per heavy atom. The van der Waals surface area contributed by atoms with E-state index < -0.39 is 0 Å². The Morgan fingerprint density at radius 2 is 1.79 bits per heavy atom. The summed E-state index contributed by atoms with van der Waals surface area (Å²) in [7, 11) is 0. The molecule has 0 unspecified atom stereocenters. The number of piperidine rings is 1. The van der Waals surface area contributed by atoms with Crippen LogP contribution in [0.15, 0.2) is 24.3 Å². The van der Waals surface area contributed by atoms with Crippen molar-refractivity contribution in [2.45, 2.75) is 39.3 Å². The predicted molar refractivity (Wildman–Crippen MR) is 98.4 cm³/mol. The number of hydrogen-bond acceptors (Lipinski definition) is 3. The predicted octanol–water partition coefficient (Wildman–Crippen LogP) is 2.25. The van der Waals surface area contributed by atoms with Crippen LogP contribution in [0.2, 0.25) is 0 Å². The Balaban J connectivity index is 0.00000288. The normalized spacial score (nSPS) is 14.6. The topological polar surface area (TPSA) is 82.3 Å². The van der Waals surface area contributed by atoms with Crippen molar-refractivity contribution in [3.8, 4) is 0 Å². The molecular weight excluding hydrogens is 328 g/mol. The van der Waals surface area contributed by atoms with Gasteiger partial charge >= 0.3 is 6.03 Å². The third-order valence-electron chi connectivity index (χ3n) is 3.81. The summed E-state index contributed by atoms with van der Waals surface area (Å²) < 4.78 is 0. The molecule has 0 atom stereocenters. The van der Waals surface area contributed by atoms with Crippen LogP contribution in [0.4, 0.5) is 10.5 Å². The molecule has 1 saturated heterocycles. The van der Waals surface area contributed by atoms with Gasteiger partial charge < -0.3 is 21.3 Å². The van der Waals surface area contributed by atoms with Crippen molar-refractivity contribution in [1.29, 1.82) is 0 Å². The van der Waals surface area contributed by atoms with E-state index in [1.165, 1.54) is 0 Å². The highest BCUT2D eigenvalue weighted by atomic mass is 35.5. The van der Waals surface area contributed by atoms with Crippen LogP contribution in [0.1, 0.15) is 32.3 Å². The number of nitrogens with one attached hydrogen (secondary N) is 4. The lowest BCUT2D eigenvalue weighted by Crippen LogP contribution is -2.37. The van der Waals surface area contributed by atoms with E-state index in [9.17, 15) is 9.59 Å². The summed E-state index contributed by atoms with van der Waals surface area (Å²) in [4.78, 5) is 23.7. The number of urea groups is 1. The van der Waals surface area contributed by atoms with Gasteiger partial charge in [0.15, 0.2) is 0 Å². The number of carbonyl (C=O) groups excluding carboxylic acids is 2. The van der Waals surface area contributed by atoms with Crippen molar-refractivity contribution >= 4 is 30.0 Å². The van der Waals surface area contributed by atoms with Crippen molar-refractivity contribution in [3.63, 3.8) is 0 Å². The molecular formula is C17H27ClN4O2. The number of amides is 3. The molecule has 1 aliphatic heterocycles. The molecule has 0 aromatic heterocycles. The molecule has 7 heteroatoms. The van der Waals surface area contributed by atoms with Crippen molar-refractivity contribution in [3.05, 3.63) is 29.8 Å². The minimum Gasteiger partial charge on any atom is -0.352 e. The number of benzene rings is 1. The van der Waals surface area contributed by atoms with Crippen LogP contribution in [0.3, 0.4) is 0 Å². The van der Waals surface area contributed by atoms with Crippen molar-refractivity contribution in [1.82, 2.24) is 16.0 Å². The van der Waals surface area contributed by atoms with Gasteiger partial charge in [0, 0.05) is 24.2 Å². The summed E-state index contributed by atoms with van der Waals surface area (Å²) in [6, 6.07) is 7.38. The van der Waals surface area contributed by atoms with E-state index in [1.54, 1.807) is 0 Å². The Labute approximate surface area is 149 Å². The van der Waals surface area contributed by atoms with Crippen molar-refractivity contribution < 1.29 is 9.59 Å². The first-order chi connectivity index (χ1) is 11.0. The maximum atomic E-state index is 12.1. The van der Waals surface area contributed by atoms with E-state index in [-0.39, 0.29) is 36.3 Å². The first-order valence-electron chi connectivity index (χ1n) is 8.19. The molecule has 2 rings (SSSR count). The molecule has 134 valence electrons. The van der Waals surface area contributed by atoms with Gasteiger partial charge in [-0.1, -0.05) is 12.1 Å². The molecule has 0 radical (unpaired) electrons. The zero-order chi connectivity index (χ0) is 16.7. The van der Waals surface area contributed by atoms with Gasteiger partial charge in [-0.2, -0.15) is 0 Å². The zero-order valence-corrected chi connectivity index (χ0v) is 15.0. The van der Waals surface area contributed by atoms with E-state index in [0.29, 0.717) is 6.54 Å². The van der Waals surface area contributed by atoms with Gasteiger partial charge in [-0.15, -0.1) is 12.4 Å². The fourth-order valence-electron chi connectivity index (χ4n) is 2.55. The highest BCUT2D eigenvalue weighted by Gasteiger charge is 2.20. The van der Waals surface area contributed by atoms with Gasteiger partial charge in [0.2, 0.25) is 5.91 Å². The van der Waals surface area contributed by atoms with Gasteiger partial charge in [-0.05, 0) is 57.5 Å². The summed E-state index contributed by atoms with van der Waals surface area (Å²) in [5.41, 5.74) is 1.75. The summed E-state index contributed by atoms with van der Waals surface area (Å²) in [5, 5.41) is 11.8. The fraction of sp³-hybridized carbons (Fsp3) is 0.529. The van der Waals surface area contributed by atoms with E-state index in [2.05, 4.69) is 21.3 Å². The Bertz CT molecular complexity index is 528. The smallest absolute Gasteiger partial charge is 0.319 e. The van der Waals surface area contributed by atoms with Gasteiger partial charge in [0.1, 0.15) is 0 Å². The highest BCUT2D eigenvalue weighted by molar-refractivity contribution is 5.89. The van der Waals surface area contributed by atoms with Crippen LogP contribution in [-0.4, -0.2) is 31.1 Å². The lowest BCUT2D eigenvalue weighted by Gasteiger charge is -2.21. The van der Waals surface area contributed by atoms with E-state index in [4.69, 9.17) is 0 Å². The summed E-state index contributed by atoms with van der Waals surface area (Å²) in [5.74, 6) is 0.252. The van der Waals surface area contributed by atoms with Crippen LogP contribution in [0.5, 0.6) is 0 Å². The standard InChI is InChI=1S/C17H26N4O2.ClH/c1-12(2)20-17(23)21-15-5-3-13(4-6-15)11-19-16(22)14-7-9-18-10-8-14;/h3-6,12,14,18H,7-11H2,1-2H3,(H,19,22)(H2,20,21,23);1H. The average Bonchev–Trinajstić information content (AvgIpc) is 2.54. The molecule has 0 aliphatic carbocycles. The van der Waals surface area contributed by atoms with Gasteiger partial charge in [0.25, 0.3) is 0 Å². The zero-order valence-electron chi connectivity index (χ0n) is 14.2. The Morgan fingerprint density at radius 1 is 1.17 bits per heavy atom. The van der Waals surface area contributed by atoms with E-state index >= 15 is 0 Å². The number of rotatable bonds is 5. The fourth-order valence-corrected chi connectivity index (χ4v) is 2.55. The third kappa shape index (κ3) is 6.76. The van der Waals surface area contributed by atoms with E-state index in [0.717, 1.165) is 37.2 Å². The number of carbonyl (C=O) groups is 2. The molecule has 0 saturated carbocycles. The van der Waals surface area contributed by atoms with Crippen LogP contribution in [-0.2, 0) is 11.3 Å². The lowest BCUT2D eigenvalue weighted by molar-refractivity contribution is -0.125. The molecule has 24 heavy (non-hydrogen) atoms. The summed E-state index contributed by atoms with van der Waals surface area (Å²) >= 11 is 0. The second-order valence-electron chi connectivity index (χ2n) is 6.19. The molecule has 1 aromatic rings. The molecule has 0 spiro atoms. The molecule has 4 N–H and O–H groups in total. The molecule has 1 aliphatic rings. The highest BCUT2D eigenvalue weighted by Crippen LogP contribution is 2.13. The second kappa shape index (κ2) is 10.2. The van der Waals surface area contributed by atoms with Gasteiger partial charge in [0.05, 0.1) is 0 Å². The summed E-state index contributed by atoms with van der Waals surface area (Å²) in [6.45, 7) is 6.16. The quantitative estimate of drug-likeness (QED) is 0.654. The lowest BCUT2D eigenvalue weighted by atomic mass is 9.97. The van der Waals surface area contributed by atoms with Crippen LogP contribution < -0.4 is 21.3 Å². The van der Waals surface area contributed by atoms with Crippen molar-refractivity contribution in [2.75, 3.05) is 18.4 Å². The second-order valence-corrected chi connectivity index (χ2v) is 6.19. The monoisotopic (exact) mass is 354 g/mol. The van der Waals surface area contributed by atoms with Crippen LogP contribution in [0.25, 0.3) is 0 Å². The summed E-state index contributed by atoms with van der Waals surface area (Å²) in [6.07, 6.45) is 1.80. The minimum atomic E-state index is -0.216. The first kappa shape index (κ1) is 20.3. The SMILES string of the molecule is CC(C)NC(=O)Nc1ccc(CNC(=O)C2CCNCC2)cc1.Cl. The van der Waals surface area contributed by atoms with Crippen LogP contribution in [0, 0.1) is 5.92 Å². The molecule has 1 aromatic carbocycles. The number of hydrogen-bond donors (Lipinski definition) is 4. The molecule has 3 amide bonds. The average molecular weight is 355 g/mol. The molecule has 1 heterocycles. The Hall–Kier alpha value is -1.79. The number of anilines is 1. The maximum Gasteiger partial charge on any atom is 0.319 e. The molecule has 0 bridgehead atoms. The molecule has 1 fully saturated rings. The van der Waals surface area contributed by atoms with Crippen molar-refractivity contribution in [2.24, 2.45) is 5.92 Å². The number of halogens is 1. The van der Waals surface area contributed by atoms with Gasteiger partial charge in [-0.25, -0.2) is 4.79 Å². The Kier molecular flexibility index (Phi) is 8.57. The largest absolute Gasteiger partial charge is 0.352 e. The third-order valence-corrected chi connectivity index (χ3v) is 3.81. The maximum absolute atomic E-state index is 12.1. The van der Waals surface area contributed by atoms with E-state index in [1.807, 2.05) is 38.1 Å². The van der Waals surface area contributed by atoms with Gasteiger partial charge in [-0.3, -0.25) is 4.79 Å². The van der Waals surface area contributed by atoms with Crippen LogP contribution >= 0.6 is 12.4 Å². The first-order valence-corrected chi connectivity index (χ1v) is 8.19.